The van der Waals surface area contributed by atoms with Crippen LogP contribution in [-0.4, -0.2) is 87.5 Å². The second-order valence-electron chi connectivity index (χ2n) is 27.5. The quantitative estimate of drug-likeness (QED) is 0.0330. The van der Waals surface area contributed by atoms with E-state index in [4.69, 9.17) is 9.47 Å². The summed E-state index contributed by atoms with van der Waals surface area (Å²) in [6.45, 7) is 3.92. The lowest BCUT2D eigenvalue weighted by Crippen LogP contribution is -2.60. The monoisotopic (exact) mass is 1210 g/mol. The van der Waals surface area contributed by atoms with E-state index in [0.717, 1.165) is 38.5 Å². The molecule has 0 aromatic carbocycles. The zero-order valence-corrected chi connectivity index (χ0v) is 57.2. The lowest BCUT2D eigenvalue weighted by Gasteiger charge is -2.40. The number of hydrogen-bond acceptors (Lipinski definition) is 8. The summed E-state index contributed by atoms with van der Waals surface area (Å²) < 4.78 is 11.4. The van der Waals surface area contributed by atoms with Crippen LogP contribution in [0.4, 0.5) is 0 Å². The van der Waals surface area contributed by atoms with E-state index in [-0.39, 0.29) is 12.5 Å². The average molecular weight is 1210 g/mol. The zero-order chi connectivity index (χ0) is 61.4. The largest absolute Gasteiger partial charge is 0.394 e. The normalized spacial score (nSPS) is 17.9. The molecule has 85 heavy (non-hydrogen) atoms. The lowest BCUT2D eigenvalue weighted by atomic mass is 9.99. The third kappa shape index (κ3) is 54.6. The van der Waals surface area contributed by atoms with Gasteiger partial charge in [-0.1, -0.05) is 406 Å². The first-order valence-electron chi connectivity index (χ1n) is 38.7. The fourth-order valence-corrected chi connectivity index (χ4v) is 13.2. The Morgan fingerprint density at radius 1 is 0.353 bits per heavy atom. The molecule has 1 saturated heterocycles. The Balaban J connectivity index is 2.05. The minimum atomic E-state index is -1.55. The van der Waals surface area contributed by atoms with Crippen molar-refractivity contribution in [3.05, 3.63) is 0 Å². The van der Waals surface area contributed by atoms with Gasteiger partial charge >= 0.3 is 0 Å². The van der Waals surface area contributed by atoms with E-state index in [2.05, 4.69) is 19.2 Å². The summed E-state index contributed by atoms with van der Waals surface area (Å²) in [5, 5.41) is 55.1. The van der Waals surface area contributed by atoms with E-state index in [1.54, 1.807) is 0 Å². The minimum absolute atomic E-state index is 0.130. The summed E-state index contributed by atoms with van der Waals surface area (Å²) in [7, 11) is 0. The molecule has 9 nitrogen and oxygen atoms in total. The number of ether oxygens (including phenoxy) is 2. The predicted molar refractivity (Wildman–Crippen MR) is 364 cm³/mol. The van der Waals surface area contributed by atoms with Gasteiger partial charge in [0.05, 0.1) is 25.4 Å². The Morgan fingerprint density at radius 2 is 0.588 bits per heavy atom. The first-order valence-corrected chi connectivity index (χ1v) is 38.7. The number of rotatable bonds is 70. The topological polar surface area (TPSA) is 149 Å². The lowest BCUT2D eigenvalue weighted by molar-refractivity contribution is -0.302. The second-order valence-corrected chi connectivity index (χ2v) is 27.5. The smallest absolute Gasteiger partial charge is 0.220 e. The second kappa shape index (κ2) is 66.1. The van der Waals surface area contributed by atoms with Gasteiger partial charge in [-0.2, -0.15) is 0 Å². The van der Waals surface area contributed by atoms with Gasteiger partial charge in [0.1, 0.15) is 24.4 Å². The molecule has 6 N–H and O–H groups in total. The molecule has 0 radical (unpaired) electrons. The van der Waals surface area contributed by atoms with Crippen molar-refractivity contribution in [3.63, 3.8) is 0 Å². The van der Waals surface area contributed by atoms with Gasteiger partial charge in [-0.3, -0.25) is 4.79 Å². The molecule has 508 valence electrons. The maximum Gasteiger partial charge on any atom is 0.220 e. The number of unbranched alkanes of at least 4 members (excludes halogenated alkanes) is 60. The Labute approximate surface area is 529 Å². The van der Waals surface area contributed by atoms with Gasteiger partial charge in [0.15, 0.2) is 6.29 Å². The van der Waals surface area contributed by atoms with Crippen LogP contribution < -0.4 is 5.32 Å². The first-order chi connectivity index (χ1) is 41.8. The highest BCUT2D eigenvalue weighted by molar-refractivity contribution is 5.76. The molecule has 0 aromatic rings. The molecule has 1 heterocycles. The van der Waals surface area contributed by atoms with Crippen LogP contribution in [0.25, 0.3) is 0 Å². The Morgan fingerprint density at radius 3 is 0.835 bits per heavy atom. The summed E-state index contributed by atoms with van der Waals surface area (Å²) >= 11 is 0. The number of nitrogens with one attached hydrogen (secondary N) is 1. The van der Waals surface area contributed by atoms with Crippen LogP contribution in [0.3, 0.4) is 0 Å². The van der Waals surface area contributed by atoms with Crippen molar-refractivity contribution in [1.82, 2.24) is 5.32 Å². The molecule has 1 rings (SSSR count). The highest BCUT2D eigenvalue weighted by Gasteiger charge is 2.44. The molecule has 1 fully saturated rings. The van der Waals surface area contributed by atoms with Crippen molar-refractivity contribution in [2.75, 3.05) is 13.2 Å². The number of hydrogen-bond donors (Lipinski definition) is 6. The van der Waals surface area contributed by atoms with E-state index < -0.39 is 49.5 Å². The van der Waals surface area contributed by atoms with Gasteiger partial charge in [-0.25, -0.2) is 0 Å². The van der Waals surface area contributed by atoms with Crippen molar-refractivity contribution in [2.45, 2.75) is 468 Å². The zero-order valence-electron chi connectivity index (χ0n) is 57.2. The third-order valence-electron chi connectivity index (χ3n) is 19.2. The fraction of sp³-hybridized carbons (Fsp3) is 0.987. The van der Waals surface area contributed by atoms with Crippen molar-refractivity contribution < 1.29 is 39.8 Å². The molecule has 1 aliphatic rings. The molecular formula is C76H151NO8. The molecule has 0 spiro atoms. The average Bonchev–Trinajstić information content (AvgIpc) is 3.70. The summed E-state index contributed by atoms with van der Waals surface area (Å²) in [6, 6.07) is -0.716. The van der Waals surface area contributed by atoms with Gasteiger partial charge in [0.25, 0.3) is 0 Å². The third-order valence-corrected chi connectivity index (χ3v) is 19.2. The van der Waals surface area contributed by atoms with Crippen molar-refractivity contribution >= 4 is 5.91 Å². The molecule has 9 heteroatoms. The maximum atomic E-state index is 13.2. The van der Waals surface area contributed by atoms with E-state index in [1.165, 1.54) is 360 Å². The summed E-state index contributed by atoms with van der Waals surface area (Å²) in [5.41, 5.74) is 0. The molecule has 0 aromatic heterocycles. The van der Waals surface area contributed by atoms with Gasteiger partial charge in [-0.05, 0) is 12.8 Å². The van der Waals surface area contributed by atoms with Gasteiger partial charge in [0.2, 0.25) is 5.91 Å². The van der Waals surface area contributed by atoms with Crippen LogP contribution in [-0.2, 0) is 14.3 Å². The van der Waals surface area contributed by atoms with Crippen LogP contribution in [0.5, 0.6) is 0 Å². The van der Waals surface area contributed by atoms with Gasteiger partial charge in [-0.15, -0.1) is 0 Å². The molecule has 0 saturated carbocycles. The van der Waals surface area contributed by atoms with Gasteiger partial charge < -0.3 is 40.3 Å². The molecule has 7 atom stereocenters. The molecule has 7 unspecified atom stereocenters. The van der Waals surface area contributed by atoms with E-state index in [9.17, 15) is 30.3 Å². The van der Waals surface area contributed by atoms with E-state index in [1.807, 2.05) is 0 Å². The highest BCUT2D eigenvalue weighted by Crippen LogP contribution is 2.24. The summed E-state index contributed by atoms with van der Waals surface area (Å²) in [4.78, 5) is 13.2. The Bertz CT molecular complexity index is 1300. The number of carbonyl (C=O) groups is 1. The molecule has 0 bridgehead atoms. The van der Waals surface area contributed by atoms with E-state index in [0.29, 0.717) is 12.8 Å². The van der Waals surface area contributed by atoms with E-state index >= 15 is 0 Å². The standard InChI is InChI=1S/C76H151NO8/c1-3-5-7-9-11-13-15-17-19-21-23-25-27-29-31-33-35-36-37-39-41-43-45-47-49-51-53-55-57-59-61-63-65-70(79)69(68-84-76-75(83)74(82)73(81)71(67-78)85-76)77-72(80)66-64-62-60-58-56-54-52-50-48-46-44-42-40-38-34-32-30-28-26-24-22-20-18-16-14-12-10-8-6-4-2/h69-71,73-76,78-79,81-83H,3-68H2,1-2H3,(H,77,80). The predicted octanol–water partition coefficient (Wildman–Crippen LogP) is 21.7. The summed E-state index contributed by atoms with van der Waals surface area (Å²) in [6.07, 6.45) is 77.8. The van der Waals surface area contributed by atoms with Crippen LogP contribution in [0.2, 0.25) is 0 Å². The first kappa shape index (κ1) is 82.2. The van der Waals surface area contributed by atoms with Crippen LogP contribution in [0.1, 0.15) is 425 Å². The number of aliphatic hydroxyl groups excluding tert-OH is 5. The fourth-order valence-electron chi connectivity index (χ4n) is 13.2. The van der Waals surface area contributed by atoms with Crippen LogP contribution >= 0.6 is 0 Å². The SMILES string of the molecule is CCCCCCCCCCCCCCCCCCCCCCCCCCCCCCCCCCC(O)C(COC1OC(CO)C(O)C(O)C1O)NC(=O)CCCCCCCCCCCCCCCCCCCCCCCCCCCCCCCC. The van der Waals surface area contributed by atoms with Crippen molar-refractivity contribution in [1.29, 1.82) is 0 Å². The van der Waals surface area contributed by atoms with Crippen LogP contribution in [0, 0.1) is 0 Å². The molecular weight excluding hydrogens is 1050 g/mol. The number of amides is 1. The van der Waals surface area contributed by atoms with Crippen molar-refractivity contribution in [3.8, 4) is 0 Å². The minimum Gasteiger partial charge on any atom is -0.394 e. The summed E-state index contributed by atoms with van der Waals surface area (Å²) in [5.74, 6) is -0.132. The molecule has 0 aliphatic carbocycles. The maximum absolute atomic E-state index is 13.2. The Kier molecular flexibility index (Phi) is 63.9. The molecule has 1 amide bonds. The van der Waals surface area contributed by atoms with Crippen molar-refractivity contribution in [2.24, 2.45) is 0 Å². The highest BCUT2D eigenvalue weighted by atomic mass is 16.7. The van der Waals surface area contributed by atoms with Gasteiger partial charge in [0, 0.05) is 6.42 Å². The number of aliphatic hydroxyl groups is 5. The number of carbonyl (C=O) groups excluding carboxylic acids is 1. The molecule has 1 aliphatic heterocycles. The van der Waals surface area contributed by atoms with Crippen LogP contribution in [0.15, 0.2) is 0 Å². The Hall–Kier alpha value is -0.810.